The lowest BCUT2D eigenvalue weighted by Gasteiger charge is -2.13. The SMILES string of the molecule is COc1ccccc1Cc1c(OC)cccc1C(=O)O. The molecule has 0 aliphatic rings. The zero-order valence-electron chi connectivity index (χ0n) is 11.4. The number of carbonyl (C=O) groups is 1. The fourth-order valence-corrected chi connectivity index (χ4v) is 2.18. The first-order valence-corrected chi connectivity index (χ1v) is 6.18. The molecule has 0 spiro atoms. The Bertz CT molecular complexity index is 620. The number of benzene rings is 2. The summed E-state index contributed by atoms with van der Waals surface area (Å²) in [5, 5.41) is 9.30. The minimum Gasteiger partial charge on any atom is -0.496 e. The number of carboxylic acids is 1. The van der Waals surface area contributed by atoms with Crippen LogP contribution in [0, 0.1) is 0 Å². The molecule has 4 nitrogen and oxygen atoms in total. The quantitative estimate of drug-likeness (QED) is 0.909. The van der Waals surface area contributed by atoms with Gasteiger partial charge in [-0.25, -0.2) is 4.79 Å². The summed E-state index contributed by atoms with van der Waals surface area (Å²) in [7, 11) is 3.13. The number of ether oxygens (including phenoxy) is 2. The molecular formula is C16H16O4. The number of rotatable bonds is 5. The Morgan fingerprint density at radius 1 is 1.00 bits per heavy atom. The van der Waals surface area contributed by atoms with Gasteiger partial charge < -0.3 is 14.6 Å². The summed E-state index contributed by atoms with van der Waals surface area (Å²) in [6, 6.07) is 12.6. The van der Waals surface area contributed by atoms with Crippen LogP contribution in [0.5, 0.6) is 11.5 Å². The maximum atomic E-state index is 11.3. The lowest BCUT2D eigenvalue weighted by Crippen LogP contribution is -2.06. The van der Waals surface area contributed by atoms with Gasteiger partial charge in [-0.1, -0.05) is 24.3 Å². The van der Waals surface area contributed by atoms with Gasteiger partial charge in [0.15, 0.2) is 0 Å². The van der Waals surface area contributed by atoms with Gasteiger partial charge in [-0.2, -0.15) is 0 Å². The lowest BCUT2D eigenvalue weighted by atomic mass is 9.98. The van der Waals surface area contributed by atoms with E-state index in [1.54, 1.807) is 25.3 Å². The van der Waals surface area contributed by atoms with E-state index < -0.39 is 5.97 Å². The lowest BCUT2D eigenvalue weighted by molar-refractivity contribution is 0.0695. The molecule has 2 rings (SSSR count). The van der Waals surface area contributed by atoms with Crippen molar-refractivity contribution >= 4 is 5.97 Å². The largest absolute Gasteiger partial charge is 0.496 e. The Kier molecular flexibility index (Phi) is 4.25. The molecule has 0 amide bonds. The highest BCUT2D eigenvalue weighted by atomic mass is 16.5. The van der Waals surface area contributed by atoms with Gasteiger partial charge in [0.05, 0.1) is 19.8 Å². The minimum absolute atomic E-state index is 0.246. The molecule has 0 radical (unpaired) electrons. The zero-order valence-corrected chi connectivity index (χ0v) is 11.4. The van der Waals surface area contributed by atoms with Gasteiger partial charge in [0.2, 0.25) is 0 Å². The molecule has 104 valence electrons. The highest BCUT2D eigenvalue weighted by Gasteiger charge is 2.16. The van der Waals surface area contributed by atoms with E-state index >= 15 is 0 Å². The second-order valence-electron chi connectivity index (χ2n) is 4.28. The van der Waals surface area contributed by atoms with Crippen LogP contribution in [0.15, 0.2) is 42.5 Å². The predicted molar refractivity (Wildman–Crippen MR) is 75.8 cm³/mol. The van der Waals surface area contributed by atoms with E-state index in [0.29, 0.717) is 17.7 Å². The highest BCUT2D eigenvalue weighted by molar-refractivity contribution is 5.90. The Morgan fingerprint density at radius 2 is 1.65 bits per heavy atom. The van der Waals surface area contributed by atoms with E-state index in [-0.39, 0.29) is 5.56 Å². The van der Waals surface area contributed by atoms with Crippen LogP contribution in [-0.4, -0.2) is 25.3 Å². The van der Waals surface area contributed by atoms with Crippen molar-refractivity contribution in [1.29, 1.82) is 0 Å². The van der Waals surface area contributed by atoms with Crippen molar-refractivity contribution in [2.24, 2.45) is 0 Å². The molecular weight excluding hydrogens is 256 g/mol. The van der Waals surface area contributed by atoms with E-state index in [2.05, 4.69) is 0 Å². The van der Waals surface area contributed by atoms with Crippen molar-refractivity contribution in [3.63, 3.8) is 0 Å². The number of hydrogen-bond acceptors (Lipinski definition) is 3. The molecule has 0 unspecified atom stereocenters. The summed E-state index contributed by atoms with van der Waals surface area (Å²) in [6.45, 7) is 0. The fourth-order valence-electron chi connectivity index (χ4n) is 2.18. The number of para-hydroxylation sites is 1. The molecule has 1 N–H and O–H groups in total. The molecule has 2 aromatic rings. The summed E-state index contributed by atoms with van der Waals surface area (Å²) in [4.78, 5) is 11.3. The Balaban J connectivity index is 2.49. The second kappa shape index (κ2) is 6.10. The van der Waals surface area contributed by atoms with E-state index in [0.717, 1.165) is 11.3 Å². The monoisotopic (exact) mass is 272 g/mol. The van der Waals surface area contributed by atoms with Crippen LogP contribution in [0.4, 0.5) is 0 Å². The fraction of sp³-hybridized carbons (Fsp3) is 0.188. The van der Waals surface area contributed by atoms with Crippen molar-refractivity contribution in [2.45, 2.75) is 6.42 Å². The van der Waals surface area contributed by atoms with Crippen LogP contribution in [0.25, 0.3) is 0 Å². The van der Waals surface area contributed by atoms with Gasteiger partial charge in [0, 0.05) is 12.0 Å². The van der Waals surface area contributed by atoms with Gasteiger partial charge in [0.1, 0.15) is 11.5 Å². The van der Waals surface area contributed by atoms with E-state index in [1.807, 2.05) is 24.3 Å². The van der Waals surface area contributed by atoms with Crippen LogP contribution in [0.2, 0.25) is 0 Å². The molecule has 0 bridgehead atoms. The van der Waals surface area contributed by atoms with Crippen molar-refractivity contribution in [2.75, 3.05) is 14.2 Å². The number of methoxy groups -OCH3 is 2. The molecule has 0 saturated carbocycles. The van der Waals surface area contributed by atoms with Crippen LogP contribution < -0.4 is 9.47 Å². The second-order valence-corrected chi connectivity index (χ2v) is 4.28. The number of hydrogen-bond donors (Lipinski definition) is 1. The maximum absolute atomic E-state index is 11.3. The summed E-state index contributed by atoms with van der Waals surface area (Å²) < 4.78 is 10.6. The summed E-state index contributed by atoms with van der Waals surface area (Å²) in [5.74, 6) is 0.333. The highest BCUT2D eigenvalue weighted by Crippen LogP contribution is 2.28. The minimum atomic E-state index is -0.964. The van der Waals surface area contributed by atoms with Gasteiger partial charge >= 0.3 is 5.97 Å². The molecule has 0 aromatic heterocycles. The van der Waals surface area contributed by atoms with Crippen molar-refractivity contribution in [3.8, 4) is 11.5 Å². The average Bonchev–Trinajstić information content (AvgIpc) is 2.47. The summed E-state index contributed by atoms with van der Waals surface area (Å²) in [6.07, 6.45) is 0.440. The summed E-state index contributed by atoms with van der Waals surface area (Å²) in [5.41, 5.74) is 1.81. The third-order valence-electron chi connectivity index (χ3n) is 3.14. The normalized spacial score (nSPS) is 10.1. The molecule has 0 aliphatic heterocycles. The molecule has 4 heteroatoms. The maximum Gasteiger partial charge on any atom is 0.336 e. The van der Waals surface area contributed by atoms with Crippen LogP contribution in [0.3, 0.4) is 0 Å². The molecule has 0 atom stereocenters. The number of carboxylic acid groups (broad SMARTS) is 1. The van der Waals surface area contributed by atoms with E-state index in [4.69, 9.17) is 9.47 Å². The van der Waals surface area contributed by atoms with Gasteiger partial charge in [-0.05, 0) is 23.8 Å². The Hall–Kier alpha value is -2.49. The van der Waals surface area contributed by atoms with E-state index in [1.165, 1.54) is 7.11 Å². The van der Waals surface area contributed by atoms with Gasteiger partial charge in [-0.3, -0.25) is 0 Å². The molecule has 0 saturated heterocycles. The first kappa shape index (κ1) is 13.9. The average molecular weight is 272 g/mol. The Morgan fingerprint density at radius 3 is 2.30 bits per heavy atom. The molecule has 0 aliphatic carbocycles. The standard InChI is InChI=1S/C16H16O4/c1-19-14-8-4-3-6-11(14)10-13-12(16(17)18)7-5-9-15(13)20-2/h3-9H,10H2,1-2H3,(H,17,18). The molecule has 0 fully saturated rings. The molecule has 0 heterocycles. The summed E-state index contributed by atoms with van der Waals surface area (Å²) >= 11 is 0. The molecule has 2 aromatic carbocycles. The zero-order chi connectivity index (χ0) is 14.5. The first-order chi connectivity index (χ1) is 9.67. The Labute approximate surface area is 117 Å². The van der Waals surface area contributed by atoms with Crippen LogP contribution in [-0.2, 0) is 6.42 Å². The van der Waals surface area contributed by atoms with E-state index in [9.17, 15) is 9.90 Å². The smallest absolute Gasteiger partial charge is 0.336 e. The van der Waals surface area contributed by atoms with Crippen LogP contribution >= 0.6 is 0 Å². The number of aromatic carboxylic acids is 1. The van der Waals surface area contributed by atoms with Crippen molar-refractivity contribution < 1.29 is 19.4 Å². The first-order valence-electron chi connectivity index (χ1n) is 6.18. The third-order valence-corrected chi connectivity index (χ3v) is 3.14. The van der Waals surface area contributed by atoms with Crippen LogP contribution in [0.1, 0.15) is 21.5 Å². The van der Waals surface area contributed by atoms with Gasteiger partial charge in [0.25, 0.3) is 0 Å². The van der Waals surface area contributed by atoms with Crippen molar-refractivity contribution in [1.82, 2.24) is 0 Å². The third kappa shape index (κ3) is 2.74. The molecule has 20 heavy (non-hydrogen) atoms. The topological polar surface area (TPSA) is 55.8 Å². The predicted octanol–water partition coefficient (Wildman–Crippen LogP) is 2.99. The van der Waals surface area contributed by atoms with Crippen molar-refractivity contribution in [3.05, 3.63) is 59.2 Å². The van der Waals surface area contributed by atoms with Gasteiger partial charge in [-0.15, -0.1) is 0 Å².